The average Bonchev–Trinajstić information content (AvgIpc) is 2.33. The Morgan fingerprint density at radius 2 is 1.68 bits per heavy atom. The molecule has 0 radical (unpaired) electrons. The Balaban J connectivity index is 2.96. The number of thioether (sulfide) groups is 1. The molecule has 5 nitrogen and oxygen atoms in total. The van der Waals surface area contributed by atoms with Gasteiger partial charge in [0.05, 0.1) is 6.10 Å². The Morgan fingerprint density at radius 3 is 2.11 bits per heavy atom. The minimum atomic E-state index is -0.561. The van der Waals surface area contributed by atoms with Gasteiger partial charge in [0.15, 0.2) is 6.10 Å². The zero-order chi connectivity index (χ0) is 14.6. The lowest BCUT2D eigenvalue weighted by Crippen LogP contribution is -2.55. The molecule has 0 saturated carbocycles. The summed E-state index contributed by atoms with van der Waals surface area (Å²) in [6.07, 6.45) is 1.68. The lowest BCUT2D eigenvalue weighted by molar-refractivity contribution is -0.207. The summed E-state index contributed by atoms with van der Waals surface area (Å²) in [4.78, 5) is 22.5. The van der Waals surface area contributed by atoms with Crippen molar-refractivity contribution in [1.82, 2.24) is 0 Å². The molecule has 1 rings (SSSR count). The molecule has 0 aromatic heterocycles. The first-order valence-electron chi connectivity index (χ1n) is 6.43. The topological polar surface area (TPSA) is 61.8 Å². The Morgan fingerprint density at radius 1 is 1.16 bits per heavy atom. The van der Waals surface area contributed by atoms with Crippen molar-refractivity contribution in [2.45, 2.75) is 57.9 Å². The third-order valence-electron chi connectivity index (χ3n) is 3.24. The van der Waals surface area contributed by atoms with Gasteiger partial charge < -0.3 is 14.2 Å². The Labute approximate surface area is 118 Å². The number of rotatable bonds is 4. The van der Waals surface area contributed by atoms with Crippen LogP contribution in [0.2, 0.25) is 0 Å². The Hall–Kier alpha value is -0.750. The van der Waals surface area contributed by atoms with Crippen molar-refractivity contribution in [2.75, 3.05) is 6.26 Å². The molecule has 110 valence electrons. The van der Waals surface area contributed by atoms with Crippen LogP contribution in [0, 0.1) is 5.92 Å². The van der Waals surface area contributed by atoms with Gasteiger partial charge in [-0.3, -0.25) is 9.59 Å². The maximum absolute atomic E-state index is 11.3. The normalized spacial score (nSPS) is 34.7. The first-order chi connectivity index (χ1) is 8.90. The Kier molecular flexibility index (Phi) is 6.13. The van der Waals surface area contributed by atoms with Crippen molar-refractivity contribution >= 4 is 23.7 Å². The lowest BCUT2D eigenvalue weighted by Gasteiger charge is -2.43. The van der Waals surface area contributed by atoms with Crippen molar-refractivity contribution in [3.63, 3.8) is 0 Å². The summed E-state index contributed by atoms with van der Waals surface area (Å²) in [6, 6.07) is 0. The molecule has 1 aliphatic rings. The number of carbonyl (C=O) groups excluding carboxylic acids is 2. The van der Waals surface area contributed by atoms with E-state index < -0.39 is 18.2 Å². The van der Waals surface area contributed by atoms with Crippen molar-refractivity contribution in [3.05, 3.63) is 0 Å². The maximum Gasteiger partial charge on any atom is 0.303 e. The fourth-order valence-corrected chi connectivity index (χ4v) is 3.11. The smallest absolute Gasteiger partial charge is 0.303 e. The second-order valence-electron chi connectivity index (χ2n) is 4.69. The van der Waals surface area contributed by atoms with Crippen LogP contribution in [-0.2, 0) is 23.8 Å². The van der Waals surface area contributed by atoms with E-state index in [0.717, 1.165) is 6.42 Å². The molecule has 5 atom stereocenters. The van der Waals surface area contributed by atoms with Crippen LogP contribution in [0.15, 0.2) is 0 Å². The first kappa shape index (κ1) is 16.3. The van der Waals surface area contributed by atoms with E-state index in [0.29, 0.717) is 0 Å². The molecule has 0 unspecified atom stereocenters. The molecule has 1 fully saturated rings. The van der Waals surface area contributed by atoms with E-state index in [4.69, 9.17) is 14.2 Å². The molecule has 0 aromatic rings. The minimum absolute atomic E-state index is 0.00592. The largest absolute Gasteiger partial charge is 0.458 e. The monoisotopic (exact) mass is 290 g/mol. The first-order valence-corrected chi connectivity index (χ1v) is 7.72. The van der Waals surface area contributed by atoms with Crippen molar-refractivity contribution < 1.29 is 23.8 Å². The fourth-order valence-electron chi connectivity index (χ4n) is 2.38. The molecule has 0 bridgehead atoms. The number of hydrogen-bond acceptors (Lipinski definition) is 6. The van der Waals surface area contributed by atoms with Gasteiger partial charge in [0.25, 0.3) is 0 Å². The van der Waals surface area contributed by atoms with Crippen LogP contribution in [0.1, 0.15) is 34.1 Å². The van der Waals surface area contributed by atoms with E-state index in [1.54, 1.807) is 0 Å². The van der Waals surface area contributed by atoms with Gasteiger partial charge in [-0.05, 0) is 12.7 Å². The molecule has 1 aliphatic heterocycles. The quantitative estimate of drug-likeness (QED) is 0.738. The molecule has 0 amide bonds. The van der Waals surface area contributed by atoms with Crippen LogP contribution < -0.4 is 0 Å². The lowest BCUT2D eigenvalue weighted by atomic mass is 9.89. The molecule has 0 spiro atoms. The zero-order valence-corrected chi connectivity index (χ0v) is 12.9. The molecule has 0 aromatic carbocycles. The highest BCUT2D eigenvalue weighted by Crippen LogP contribution is 2.35. The SMILES string of the molecule is CC[C@H]1O[C@H](SC)[C@H](OC(C)=O)[C@@H](OC(C)=O)[C@@H]1C. The number of ether oxygens (including phenoxy) is 3. The number of carbonyl (C=O) groups is 2. The standard InChI is InChI=1S/C13H22O5S/c1-6-10-7(2)11(16-8(3)14)12(17-9(4)15)13(18-10)19-5/h7,10-13H,6H2,1-5H3/t7-,10-,11+,12-,13-/m1/s1. The van der Waals surface area contributed by atoms with Gasteiger partial charge >= 0.3 is 11.9 Å². The van der Waals surface area contributed by atoms with Crippen molar-refractivity contribution in [2.24, 2.45) is 5.92 Å². The second-order valence-corrected chi connectivity index (χ2v) is 5.63. The third-order valence-corrected chi connectivity index (χ3v) is 4.09. The second kappa shape index (κ2) is 7.14. The van der Waals surface area contributed by atoms with Gasteiger partial charge in [-0.2, -0.15) is 0 Å². The van der Waals surface area contributed by atoms with Gasteiger partial charge in [0, 0.05) is 19.8 Å². The van der Waals surface area contributed by atoms with E-state index in [2.05, 4.69) is 0 Å². The minimum Gasteiger partial charge on any atom is -0.458 e. The summed E-state index contributed by atoms with van der Waals surface area (Å²) in [5.74, 6) is -0.779. The van der Waals surface area contributed by atoms with E-state index in [1.807, 2.05) is 20.1 Å². The van der Waals surface area contributed by atoms with Gasteiger partial charge in [0.2, 0.25) is 0 Å². The van der Waals surface area contributed by atoms with Gasteiger partial charge in [-0.15, -0.1) is 11.8 Å². The van der Waals surface area contributed by atoms with Gasteiger partial charge in [0.1, 0.15) is 11.5 Å². The maximum atomic E-state index is 11.3. The molecule has 0 N–H and O–H groups in total. The van der Waals surface area contributed by atoms with Crippen LogP contribution in [0.3, 0.4) is 0 Å². The van der Waals surface area contributed by atoms with Crippen molar-refractivity contribution in [3.8, 4) is 0 Å². The molecule has 1 saturated heterocycles. The van der Waals surface area contributed by atoms with E-state index in [9.17, 15) is 9.59 Å². The molecule has 1 heterocycles. The molecule has 6 heteroatoms. The third kappa shape index (κ3) is 4.11. The van der Waals surface area contributed by atoms with Gasteiger partial charge in [-0.25, -0.2) is 0 Å². The Bertz CT molecular complexity index is 333. The molecular formula is C13H22O5S. The molecule has 0 aliphatic carbocycles. The average molecular weight is 290 g/mol. The summed E-state index contributed by atoms with van der Waals surface area (Å²) in [7, 11) is 0. The molecular weight excluding hydrogens is 268 g/mol. The molecule has 19 heavy (non-hydrogen) atoms. The number of hydrogen-bond donors (Lipinski definition) is 0. The fraction of sp³-hybridized carbons (Fsp3) is 0.846. The number of esters is 2. The summed E-state index contributed by atoms with van der Waals surface area (Å²) in [6.45, 7) is 6.69. The van der Waals surface area contributed by atoms with Crippen LogP contribution in [-0.4, -0.2) is 41.9 Å². The van der Waals surface area contributed by atoms with E-state index in [-0.39, 0.29) is 23.4 Å². The van der Waals surface area contributed by atoms with Crippen LogP contribution in [0.4, 0.5) is 0 Å². The van der Waals surface area contributed by atoms with Crippen molar-refractivity contribution in [1.29, 1.82) is 0 Å². The highest BCUT2D eigenvalue weighted by molar-refractivity contribution is 7.99. The zero-order valence-electron chi connectivity index (χ0n) is 12.0. The van der Waals surface area contributed by atoms with Crippen LogP contribution in [0.5, 0.6) is 0 Å². The predicted octanol–water partition coefficient (Wildman–Crippen LogP) is 1.98. The summed E-state index contributed by atoms with van der Waals surface area (Å²) < 4.78 is 16.6. The highest BCUT2D eigenvalue weighted by Gasteiger charge is 2.46. The van der Waals surface area contributed by atoms with E-state index >= 15 is 0 Å². The van der Waals surface area contributed by atoms with Gasteiger partial charge in [-0.1, -0.05) is 13.8 Å². The van der Waals surface area contributed by atoms with Crippen LogP contribution >= 0.6 is 11.8 Å². The summed E-state index contributed by atoms with van der Waals surface area (Å²) in [5.41, 5.74) is -0.311. The highest BCUT2D eigenvalue weighted by atomic mass is 32.2. The predicted molar refractivity (Wildman–Crippen MR) is 72.7 cm³/mol. The van der Waals surface area contributed by atoms with Crippen LogP contribution in [0.25, 0.3) is 0 Å². The summed E-state index contributed by atoms with van der Waals surface area (Å²) in [5, 5.41) is 0. The summed E-state index contributed by atoms with van der Waals surface area (Å²) >= 11 is 1.46. The van der Waals surface area contributed by atoms with E-state index in [1.165, 1.54) is 25.6 Å².